The maximum atomic E-state index is 13.6. The number of aliphatic hydroxyl groups is 1. The van der Waals surface area contributed by atoms with Crippen molar-refractivity contribution in [1.29, 1.82) is 0 Å². The minimum Gasteiger partial charge on any atom is -0.396 e. The molecule has 2 nitrogen and oxygen atoms in total. The predicted octanol–water partition coefficient (Wildman–Crippen LogP) is 3.58. The van der Waals surface area contributed by atoms with Gasteiger partial charge in [-0.3, -0.25) is 0 Å². The quantitative estimate of drug-likeness (QED) is 0.863. The maximum Gasteiger partial charge on any atom is 0.126 e. The molecule has 1 aliphatic rings. The summed E-state index contributed by atoms with van der Waals surface area (Å²) in [6.07, 6.45) is 4.82. The molecule has 3 heteroatoms. The van der Waals surface area contributed by atoms with Gasteiger partial charge in [0.2, 0.25) is 0 Å². The van der Waals surface area contributed by atoms with Crippen molar-refractivity contribution in [2.24, 2.45) is 11.8 Å². The van der Waals surface area contributed by atoms with Crippen molar-refractivity contribution < 1.29 is 9.50 Å². The second-order valence-corrected chi connectivity index (χ2v) is 6.13. The molecule has 1 fully saturated rings. The molecule has 2 rings (SSSR count). The van der Waals surface area contributed by atoms with Gasteiger partial charge in [0.05, 0.1) is 0 Å². The van der Waals surface area contributed by atoms with Gasteiger partial charge in [0.1, 0.15) is 5.82 Å². The molecule has 0 bridgehead atoms. The Balaban J connectivity index is 1.90. The number of nitrogens with one attached hydrogen (secondary N) is 1. The van der Waals surface area contributed by atoms with E-state index in [0.29, 0.717) is 24.0 Å². The van der Waals surface area contributed by atoms with E-state index in [-0.39, 0.29) is 11.9 Å². The molecule has 0 heterocycles. The zero-order chi connectivity index (χ0) is 14.5. The lowest BCUT2D eigenvalue weighted by Crippen LogP contribution is -2.33. The average Bonchev–Trinajstić information content (AvgIpc) is 2.47. The molecule has 112 valence electrons. The highest BCUT2D eigenvalue weighted by atomic mass is 19.1. The standard InChI is InChI=1S/C17H26FNO/c1-12-7-8-14(9-17(12)18)13(2)19-10-15-5-3-4-6-16(15)11-20/h7-9,13,15-16,19-20H,3-6,10-11H2,1-2H3. The summed E-state index contributed by atoms with van der Waals surface area (Å²) >= 11 is 0. The van der Waals surface area contributed by atoms with Crippen molar-refractivity contribution in [3.8, 4) is 0 Å². The summed E-state index contributed by atoms with van der Waals surface area (Å²) in [7, 11) is 0. The highest BCUT2D eigenvalue weighted by Crippen LogP contribution is 2.29. The largest absolute Gasteiger partial charge is 0.396 e. The molecule has 1 aliphatic carbocycles. The first-order valence-corrected chi connectivity index (χ1v) is 7.72. The zero-order valence-corrected chi connectivity index (χ0v) is 12.5. The number of halogens is 1. The first-order chi connectivity index (χ1) is 9.61. The van der Waals surface area contributed by atoms with Gasteiger partial charge >= 0.3 is 0 Å². The Morgan fingerprint density at radius 1 is 1.30 bits per heavy atom. The summed E-state index contributed by atoms with van der Waals surface area (Å²) in [6, 6.07) is 5.59. The second-order valence-electron chi connectivity index (χ2n) is 6.13. The fourth-order valence-corrected chi connectivity index (χ4v) is 3.12. The summed E-state index contributed by atoms with van der Waals surface area (Å²) in [5.74, 6) is 0.840. The van der Waals surface area contributed by atoms with Crippen molar-refractivity contribution >= 4 is 0 Å². The van der Waals surface area contributed by atoms with Gasteiger partial charge in [-0.25, -0.2) is 4.39 Å². The Labute approximate surface area is 121 Å². The van der Waals surface area contributed by atoms with Gasteiger partial charge in [-0.2, -0.15) is 0 Å². The molecule has 1 aromatic rings. The first kappa shape index (κ1) is 15.5. The van der Waals surface area contributed by atoms with Crippen molar-refractivity contribution in [2.45, 2.75) is 45.6 Å². The second kappa shape index (κ2) is 7.19. The molecule has 3 unspecified atom stereocenters. The SMILES string of the molecule is Cc1ccc(C(C)NCC2CCCCC2CO)cc1F. The van der Waals surface area contributed by atoms with E-state index in [1.165, 1.54) is 19.3 Å². The van der Waals surface area contributed by atoms with E-state index in [0.717, 1.165) is 18.5 Å². The van der Waals surface area contributed by atoms with Crippen molar-refractivity contribution in [3.05, 3.63) is 35.1 Å². The summed E-state index contributed by atoms with van der Waals surface area (Å²) < 4.78 is 13.6. The number of aliphatic hydroxyl groups excluding tert-OH is 1. The lowest BCUT2D eigenvalue weighted by atomic mass is 9.79. The molecule has 2 N–H and O–H groups in total. The minimum atomic E-state index is -0.137. The fourth-order valence-electron chi connectivity index (χ4n) is 3.12. The summed E-state index contributed by atoms with van der Waals surface area (Å²) in [5, 5.41) is 12.9. The van der Waals surface area contributed by atoms with Crippen LogP contribution in [0, 0.1) is 24.6 Å². The maximum absolute atomic E-state index is 13.6. The van der Waals surface area contributed by atoms with Gasteiger partial charge in [0.25, 0.3) is 0 Å². The normalized spacial score (nSPS) is 24.6. The van der Waals surface area contributed by atoms with Crippen molar-refractivity contribution in [1.82, 2.24) is 5.32 Å². The van der Waals surface area contributed by atoms with E-state index in [1.807, 2.05) is 12.1 Å². The van der Waals surface area contributed by atoms with Crippen LogP contribution in [0.1, 0.15) is 49.8 Å². The number of hydrogen-bond acceptors (Lipinski definition) is 2. The Hall–Kier alpha value is -0.930. The van der Waals surface area contributed by atoms with Crippen LogP contribution in [-0.4, -0.2) is 18.3 Å². The van der Waals surface area contributed by atoms with Gasteiger partial charge in [0, 0.05) is 12.6 Å². The molecule has 3 atom stereocenters. The topological polar surface area (TPSA) is 32.3 Å². The molecule has 0 amide bonds. The van der Waals surface area contributed by atoms with E-state index in [4.69, 9.17) is 0 Å². The van der Waals surface area contributed by atoms with E-state index in [2.05, 4.69) is 12.2 Å². The van der Waals surface area contributed by atoms with E-state index in [9.17, 15) is 9.50 Å². The molecule has 0 aromatic heterocycles. The van der Waals surface area contributed by atoms with Crippen LogP contribution in [0.25, 0.3) is 0 Å². The van der Waals surface area contributed by atoms with Gasteiger partial charge < -0.3 is 10.4 Å². The lowest BCUT2D eigenvalue weighted by Gasteiger charge is -2.31. The van der Waals surface area contributed by atoms with Crippen LogP contribution in [0.4, 0.5) is 4.39 Å². The first-order valence-electron chi connectivity index (χ1n) is 7.72. The van der Waals surface area contributed by atoms with Gasteiger partial charge in [0.15, 0.2) is 0 Å². The Bertz CT molecular complexity index is 435. The third kappa shape index (κ3) is 3.80. The van der Waals surface area contributed by atoms with Gasteiger partial charge in [-0.05, 0) is 62.3 Å². The molecule has 1 saturated carbocycles. The molecule has 0 saturated heterocycles. The van der Waals surface area contributed by atoms with E-state index >= 15 is 0 Å². The number of rotatable bonds is 5. The molecular weight excluding hydrogens is 253 g/mol. The van der Waals surface area contributed by atoms with Crippen molar-refractivity contribution in [2.75, 3.05) is 13.2 Å². The zero-order valence-electron chi connectivity index (χ0n) is 12.5. The van der Waals surface area contributed by atoms with Crippen molar-refractivity contribution in [3.63, 3.8) is 0 Å². The fraction of sp³-hybridized carbons (Fsp3) is 0.647. The summed E-state index contributed by atoms with van der Waals surface area (Å²) in [4.78, 5) is 0. The monoisotopic (exact) mass is 279 g/mol. The number of hydrogen-bond donors (Lipinski definition) is 2. The van der Waals surface area contributed by atoms with Crippen LogP contribution < -0.4 is 5.32 Å². The van der Waals surface area contributed by atoms with Gasteiger partial charge in [-0.15, -0.1) is 0 Å². The van der Waals surface area contributed by atoms with E-state index in [1.54, 1.807) is 13.0 Å². The molecule has 0 radical (unpaired) electrons. The smallest absolute Gasteiger partial charge is 0.126 e. The molecule has 1 aromatic carbocycles. The summed E-state index contributed by atoms with van der Waals surface area (Å²) in [5.41, 5.74) is 1.68. The van der Waals surface area contributed by atoms with Crippen LogP contribution >= 0.6 is 0 Å². The lowest BCUT2D eigenvalue weighted by molar-refractivity contribution is 0.131. The van der Waals surface area contributed by atoms with Crippen LogP contribution in [0.3, 0.4) is 0 Å². The highest BCUT2D eigenvalue weighted by Gasteiger charge is 2.24. The highest BCUT2D eigenvalue weighted by molar-refractivity contribution is 5.25. The minimum absolute atomic E-state index is 0.137. The Morgan fingerprint density at radius 3 is 2.65 bits per heavy atom. The van der Waals surface area contributed by atoms with Crippen LogP contribution in [-0.2, 0) is 0 Å². The number of aryl methyl sites for hydroxylation is 1. The van der Waals surface area contributed by atoms with E-state index < -0.39 is 0 Å². The summed E-state index contributed by atoms with van der Waals surface area (Å²) in [6.45, 7) is 5.05. The third-order valence-electron chi connectivity index (χ3n) is 4.68. The molecular formula is C17H26FNO. The Morgan fingerprint density at radius 2 is 2.00 bits per heavy atom. The molecule has 20 heavy (non-hydrogen) atoms. The van der Waals surface area contributed by atoms with Crippen LogP contribution in [0.15, 0.2) is 18.2 Å². The Kier molecular flexibility index (Phi) is 5.55. The number of benzene rings is 1. The van der Waals surface area contributed by atoms with Crippen LogP contribution in [0.5, 0.6) is 0 Å². The van der Waals surface area contributed by atoms with Crippen LogP contribution in [0.2, 0.25) is 0 Å². The predicted molar refractivity (Wildman–Crippen MR) is 80.1 cm³/mol. The third-order valence-corrected chi connectivity index (χ3v) is 4.68. The molecule has 0 spiro atoms. The molecule has 0 aliphatic heterocycles. The van der Waals surface area contributed by atoms with Gasteiger partial charge in [-0.1, -0.05) is 25.0 Å². The average molecular weight is 279 g/mol.